The van der Waals surface area contributed by atoms with Crippen molar-refractivity contribution in [2.75, 3.05) is 18.4 Å². The first-order valence-corrected chi connectivity index (χ1v) is 9.01. The standard InChI is InChI=1S/C17H21F5N4O/c18-16(19)8-7-12(16)15(27)26-9-3-1-2-4-11(10-26)23-14-6-5-13(24-25-14)17(20,21)22/h5-6,11-12H,1-4,7-10H2,(H,23,25). The van der Waals surface area contributed by atoms with Crippen LogP contribution in [-0.4, -0.2) is 46.1 Å². The van der Waals surface area contributed by atoms with Crippen molar-refractivity contribution >= 4 is 11.7 Å². The highest BCUT2D eigenvalue weighted by atomic mass is 19.4. The fourth-order valence-corrected chi connectivity index (χ4v) is 3.44. The molecule has 1 saturated heterocycles. The van der Waals surface area contributed by atoms with Crippen molar-refractivity contribution in [1.82, 2.24) is 15.1 Å². The molecular formula is C17H21F5N4O. The minimum absolute atomic E-state index is 0.162. The van der Waals surface area contributed by atoms with Crippen molar-refractivity contribution in [2.45, 2.75) is 56.7 Å². The first kappa shape index (κ1) is 19.8. The largest absolute Gasteiger partial charge is 0.435 e. The molecule has 10 heteroatoms. The van der Waals surface area contributed by atoms with Gasteiger partial charge in [0.1, 0.15) is 11.7 Å². The molecule has 1 aliphatic carbocycles. The van der Waals surface area contributed by atoms with Crippen molar-refractivity contribution in [2.24, 2.45) is 5.92 Å². The van der Waals surface area contributed by atoms with Gasteiger partial charge < -0.3 is 10.2 Å². The van der Waals surface area contributed by atoms with Crippen LogP contribution in [0.5, 0.6) is 0 Å². The summed E-state index contributed by atoms with van der Waals surface area (Å²) in [6.45, 7) is 0.621. The highest BCUT2D eigenvalue weighted by Crippen LogP contribution is 2.44. The number of hydrogen-bond donors (Lipinski definition) is 1. The minimum atomic E-state index is -4.57. The van der Waals surface area contributed by atoms with E-state index in [2.05, 4.69) is 15.5 Å². The zero-order valence-electron chi connectivity index (χ0n) is 14.6. The van der Waals surface area contributed by atoms with Gasteiger partial charge in [0.2, 0.25) is 5.91 Å². The van der Waals surface area contributed by atoms with Crippen molar-refractivity contribution in [3.05, 3.63) is 17.8 Å². The topological polar surface area (TPSA) is 58.1 Å². The van der Waals surface area contributed by atoms with E-state index >= 15 is 0 Å². The van der Waals surface area contributed by atoms with Gasteiger partial charge in [0, 0.05) is 25.6 Å². The Labute approximate surface area is 153 Å². The molecule has 1 N–H and O–H groups in total. The number of carbonyl (C=O) groups excluding carboxylic acids is 1. The Morgan fingerprint density at radius 3 is 2.48 bits per heavy atom. The van der Waals surface area contributed by atoms with Gasteiger partial charge in [-0.25, -0.2) is 8.78 Å². The molecule has 2 fully saturated rings. The molecule has 27 heavy (non-hydrogen) atoms. The number of nitrogens with zero attached hydrogens (tertiary/aromatic N) is 3. The van der Waals surface area contributed by atoms with Crippen molar-refractivity contribution in [3.8, 4) is 0 Å². The fourth-order valence-electron chi connectivity index (χ4n) is 3.44. The van der Waals surface area contributed by atoms with E-state index in [9.17, 15) is 26.7 Å². The number of rotatable bonds is 3. The summed E-state index contributed by atoms with van der Waals surface area (Å²) in [5.41, 5.74) is -1.09. The van der Waals surface area contributed by atoms with Crippen LogP contribution in [0.2, 0.25) is 0 Å². The lowest BCUT2D eigenvalue weighted by molar-refractivity contribution is -0.172. The molecule has 1 amide bonds. The molecule has 150 valence electrons. The number of hydrogen-bond acceptors (Lipinski definition) is 4. The number of alkyl halides is 5. The first-order valence-electron chi connectivity index (χ1n) is 9.01. The van der Waals surface area contributed by atoms with Gasteiger partial charge in [-0.05, 0) is 31.4 Å². The van der Waals surface area contributed by atoms with Crippen LogP contribution in [0, 0.1) is 5.92 Å². The average Bonchev–Trinajstić information content (AvgIpc) is 2.55. The highest BCUT2D eigenvalue weighted by molar-refractivity contribution is 5.81. The molecule has 2 heterocycles. The number of likely N-dealkylation sites (tertiary alicyclic amines) is 1. The maximum Gasteiger partial charge on any atom is 0.435 e. The molecule has 1 aromatic rings. The van der Waals surface area contributed by atoms with E-state index in [1.165, 1.54) is 11.0 Å². The molecule has 1 aliphatic heterocycles. The van der Waals surface area contributed by atoms with Crippen molar-refractivity contribution in [1.29, 1.82) is 0 Å². The van der Waals surface area contributed by atoms with Crippen LogP contribution < -0.4 is 5.32 Å². The zero-order chi connectivity index (χ0) is 19.7. The van der Waals surface area contributed by atoms with Gasteiger partial charge in [-0.2, -0.15) is 13.2 Å². The average molecular weight is 392 g/mol. The Kier molecular flexibility index (Phi) is 5.53. The lowest BCUT2D eigenvalue weighted by Gasteiger charge is -2.40. The molecule has 0 bridgehead atoms. The van der Waals surface area contributed by atoms with Crippen LogP contribution in [0.3, 0.4) is 0 Å². The van der Waals surface area contributed by atoms with E-state index in [-0.39, 0.29) is 31.2 Å². The van der Waals surface area contributed by atoms with Crippen LogP contribution in [0.15, 0.2) is 12.1 Å². The summed E-state index contributed by atoms with van der Waals surface area (Å²) in [5.74, 6) is -4.58. The monoisotopic (exact) mass is 392 g/mol. The second-order valence-electron chi connectivity index (χ2n) is 7.13. The van der Waals surface area contributed by atoms with E-state index in [0.29, 0.717) is 13.0 Å². The lowest BCUT2D eigenvalue weighted by atomic mass is 9.79. The van der Waals surface area contributed by atoms with E-state index < -0.39 is 29.6 Å². The third-order valence-electron chi connectivity index (χ3n) is 5.11. The van der Waals surface area contributed by atoms with Crippen LogP contribution >= 0.6 is 0 Å². The SMILES string of the molecule is O=C(C1CCC1(F)F)N1CCCCCC(Nc2ccc(C(F)(F)F)nn2)C1. The van der Waals surface area contributed by atoms with Gasteiger partial charge in [-0.1, -0.05) is 12.8 Å². The summed E-state index contributed by atoms with van der Waals surface area (Å²) in [6.07, 6.45) is -1.52. The Balaban J connectivity index is 1.66. The first-order chi connectivity index (χ1) is 12.7. The number of halogens is 5. The third-order valence-corrected chi connectivity index (χ3v) is 5.11. The summed E-state index contributed by atoms with van der Waals surface area (Å²) in [5, 5.41) is 9.69. The summed E-state index contributed by atoms with van der Waals surface area (Å²) < 4.78 is 64.9. The fraction of sp³-hybridized carbons (Fsp3) is 0.706. The second-order valence-corrected chi connectivity index (χ2v) is 7.13. The molecule has 0 spiro atoms. The highest BCUT2D eigenvalue weighted by Gasteiger charge is 2.53. The second kappa shape index (κ2) is 7.55. The zero-order valence-corrected chi connectivity index (χ0v) is 14.6. The quantitative estimate of drug-likeness (QED) is 0.797. The van der Waals surface area contributed by atoms with E-state index in [4.69, 9.17) is 0 Å². The Morgan fingerprint density at radius 1 is 1.15 bits per heavy atom. The normalized spacial score (nSPS) is 25.9. The van der Waals surface area contributed by atoms with Crippen molar-refractivity contribution < 1.29 is 26.7 Å². The summed E-state index contributed by atoms with van der Waals surface area (Å²) in [7, 11) is 0. The van der Waals surface area contributed by atoms with E-state index in [0.717, 1.165) is 25.3 Å². The van der Waals surface area contributed by atoms with Gasteiger partial charge >= 0.3 is 6.18 Å². The molecule has 5 nitrogen and oxygen atoms in total. The lowest BCUT2D eigenvalue weighted by Crippen LogP contribution is -2.52. The molecule has 1 saturated carbocycles. The van der Waals surface area contributed by atoms with E-state index in [1.807, 2.05) is 0 Å². The Morgan fingerprint density at radius 2 is 1.93 bits per heavy atom. The van der Waals surface area contributed by atoms with Crippen LogP contribution in [0.1, 0.15) is 44.2 Å². The number of amides is 1. The molecule has 3 rings (SSSR count). The molecule has 0 radical (unpaired) electrons. The van der Waals surface area contributed by atoms with Crippen LogP contribution in [0.4, 0.5) is 27.8 Å². The smallest absolute Gasteiger partial charge is 0.364 e. The Bertz CT molecular complexity index is 664. The van der Waals surface area contributed by atoms with Crippen LogP contribution in [-0.2, 0) is 11.0 Å². The predicted octanol–water partition coefficient (Wildman–Crippen LogP) is 3.72. The molecular weight excluding hydrogens is 371 g/mol. The number of carbonyl (C=O) groups is 1. The number of anilines is 1. The van der Waals surface area contributed by atoms with Crippen LogP contribution in [0.25, 0.3) is 0 Å². The summed E-state index contributed by atoms with van der Waals surface area (Å²) in [6, 6.07) is 1.73. The van der Waals surface area contributed by atoms with Gasteiger partial charge in [0.15, 0.2) is 5.69 Å². The maximum atomic E-state index is 13.6. The Hall–Kier alpha value is -2.00. The summed E-state index contributed by atoms with van der Waals surface area (Å²) >= 11 is 0. The molecule has 2 aliphatic rings. The molecule has 1 aromatic heterocycles. The van der Waals surface area contributed by atoms with Gasteiger partial charge in [-0.15, -0.1) is 10.2 Å². The van der Waals surface area contributed by atoms with E-state index in [1.54, 1.807) is 0 Å². The molecule has 0 aromatic carbocycles. The van der Waals surface area contributed by atoms with Gasteiger partial charge in [0.25, 0.3) is 5.92 Å². The molecule has 2 unspecified atom stereocenters. The third kappa shape index (κ3) is 4.65. The predicted molar refractivity (Wildman–Crippen MR) is 87.2 cm³/mol. The molecule has 2 atom stereocenters. The van der Waals surface area contributed by atoms with Gasteiger partial charge in [0.05, 0.1) is 0 Å². The number of nitrogens with one attached hydrogen (secondary N) is 1. The van der Waals surface area contributed by atoms with Crippen molar-refractivity contribution in [3.63, 3.8) is 0 Å². The number of aromatic nitrogens is 2. The summed E-state index contributed by atoms with van der Waals surface area (Å²) in [4.78, 5) is 13.9. The minimum Gasteiger partial charge on any atom is -0.364 e. The maximum absolute atomic E-state index is 13.6. The van der Waals surface area contributed by atoms with Gasteiger partial charge in [-0.3, -0.25) is 4.79 Å².